The minimum atomic E-state index is -0.683. The number of carbonyl (C=O) groups is 4. The van der Waals surface area contributed by atoms with Gasteiger partial charge < -0.3 is 4.74 Å². The zero-order valence-corrected chi connectivity index (χ0v) is 24.4. The van der Waals surface area contributed by atoms with E-state index in [1.54, 1.807) is 66.7 Å². The summed E-state index contributed by atoms with van der Waals surface area (Å²) in [6, 6.07) is 18.3. The van der Waals surface area contributed by atoms with E-state index in [-0.39, 0.29) is 46.8 Å². The van der Waals surface area contributed by atoms with Crippen LogP contribution in [0.4, 0.5) is 5.69 Å². The van der Waals surface area contributed by atoms with E-state index in [0.29, 0.717) is 49.0 Å². The predicted molar refractivity (Wildman–Crippen MR) is 163 cm³/mol. The van der Waals surface area contributed by atoms with Crippen molar-refractivity contribution in [1.82, 2.24) is 4.98 Å². The molecule has 0 N–H and O–H groups in total. The Hall–Kier alpha value is -4.33. The number of amides is 2. The molecule has 43 heavy (non-hydrogen) atoms. The number of ether oxygens (including phenoxy) is 1. The van der Waals surface area contributed by atoms with Crippen molar-refractivity contribution in [2.24, 2.45) is 23.7 Å². The smallest absolute Gasteiger partial charge is 0.339 e. The highest BCUT2D eigenvalue weighted by Gasteiger charge is 2.59. The molecule has 1 saturated heterocycles. The number of hydrogen-bond donors (Lipinski definition) is 0. The van der Waals surface area contributed by atoms with E-state index < -0.39 is 12.6 Å². The van der Waals surface area contributed by atoms with Gasteiger partial charge in [-0.15, -0.1) is 0 Å². The number of fused-ring (bicyclic) bond motifs is 6. The molecule has 2 aliphatic carbocycles. The number of allylic oxidation sites excluding steroid dienone is 2. The molecule has 7 nitrogen and oxygen atoms in total. The molecule has 9 heteroatoms. The number of pyridine rings is 1. The fourth-order valence-electron chi connectivity index (χ4n) is 6.59. The zero-order chi connectivity index (χ0) is 30.0. The Morgan fingerprint density at radius 1 is 0.907 bits per heavy atom. The molecule has 1 aliphatic heterocycles. The maximum atomic E-state index is 13.3. The molecular weight excluding hydrogens is 587 g/mol. The van der Waals surface area contributed by atoms with Gasteiger partial charge in [0.15, 0.2) is 12.4 Å². The fraction of sp³-hybridized carbons (Fsp3) is 0.206. The van der Waals surface area contributed by atoms with Crippen LogP contribution < -0.4 is 4.90 Å². The largest absolute Gasteiger partial charge is 0.454 e. The molecule has 4 unspecified atom stereocenters. The lowest BCUT2D eigenvalue weighted by atomic mass is 9.85. The molecule has 7 rings (SSSR count). The number of imide groups is 1. The van der Waals surface area contributed by atoms with Crippen LogP contribution in [0.5, 0.6) is 0 Å². The Kier molecular flexibility index (Phi) is 6.67. The quantitative estimate of drug-likeness (QED) is 0.102. The standard InChI is InChI=1S/C34H24Cl2N2O5/c1-17-26(36)13-12-24-25(34(42)43-16-28(39)19-4-8-22(35)9-5-19)15-27(37-31(17)24)18-6-10-23(11-7-18)38-32(40)29-20-2-3-21(14-20)30(29)33(38)41/h2-13,15,20-21,29-30H,14,16H2,1H3. The maximum absolute atomic E-state index is 13.3. The number of nitrogens with zero attached hydrogens (tertiary/aromatic N) is 2. The van der Waals surface area contributed by atoms with E-state index in [2.05, 4.69) is 12.2 Å². The second-order valence-corrected chi connectivity index (χ2v) is 12.0. The third-order valence-electron chi connectivity index (χ3n) is 8.78. The summed E-state index contributed by atoms with van der Waals surface area (Å²) in [5, 5.41) is 1.52. The average molecular weight is 611 g/mol. The van der Waals surface area contributed by atoms with Crippen molar-refractivity contribution in [1.29, 1.82) is 0 Å². The number of aromatic nitrogens is 1. The second-order valence-electron chi connectivity index (χ2n) is 11.2. The monoisotopic (exact) mass is 610 g/mol. The Labute approximate surface area is 257 Å². The van der Waals surface area contributed by atoms with Crippen LogP contribution in [0.15, 0.2) is 78.9 Å². The second kappa shape index (κ2) is 10.4. The van der Waals surface area contributed by atoms with Crippen molar-refractivity contribution in [3.8, 4) is 11.3 Å². The van der Waals surface area contributed by atoms with Crippen LogP contribution in [-0.4, -0.2) is 35.2 Å². The summed E-state index contributed by atoms with van der Waals surface area (Å²) >= 11 is 12.3. The van der Waals surface area contributed by atoms with Gasteiger partial charge in [-0.1, -0.05) is 53.6 Å². The van der Waals surface area contributed by atoms with Crippen molar-refractivity contribution in [3.63, 3.8) is 0 Å². The van der Waals surface area contributed by atoms with Crippen LogP contribution in [0.3, 0.4) is 0 Å². The Morgan fingerprint density at radius 3 is 2.21 bits per heavy atom. The molecule has 1 aromatic heterocycles. The SMILES string of the molecule is Cc1c(Cl)ccc2c(C(=O)OCC(=O)c3ccc(Cl)cc3)cc(-c3ccc(N4C(=O)C5C6C=CC(C6)C5C4=O)cc3)nc12. The summed E-state index contributed by atoms with van der Waals surface area (Å²) in [7, 11) is 0. The molecular formula is C34H24Cl2N2O5. The van der Waals surface area contributed by atoms with Gasteiger partial charge in [0.2, 0.25) is 11.8 Å². The molecule has 4 aromatic rings. The van der Waals surface area contributed by atoms with Gasteiger partial charge in [-0.2, -0.15) is 0 Å². The van der Waals surface area contributed by atoms with Gasteiger partial charge in [-0.25, -0.2) is 9.78 Å². The topological polar surface area (TPSA) is 93.6 Å². The summed E-state index contributed by atoms with van der Waals surface area (Å²) < 4.78 is 5.44. The Bertz CT molecular complexity index is 1850. The number of halogens is 2. The molecule has 0 radical (unpaired) electrons. The van der Waals surface area contributed by atoms with Gasteiger partial charge in [0.25, 0.3) is 0 Å². The fourth-order valence-corrected chi connectivity index (χ4v) is 6.87. The maximum Gasteiger partial charge on any atom is 0.339 e. The summed E-state index contributed by atoms with van der Waals surface area (Å²) in [5.74, 6) is -1.64. The molecule has 3 aliphatic rings. The highest BCUT2D eigenvalue weighted by atomic mass is 35.5. The van der Waals surface area contributed by atoms with Gasteiger partial charge in [-0.05, 0) is 79.3 Å². The lowest BCUT2D eigenvalue weighted by Gasteiger charge is -2.18. The lowest BCUT2D eigenvalue weighted by Crippen LogP contribution is -2.32. The van der Waals surface area contributed by atoms with Crippen molar-refractivity contribution in [2.45, 2.75) is 13.3 Å². The van der Waals surface area contributed by atoms with Gasteiger partial charge >= 0.3 is 5.97 Å². The number of anilines is 1. The first-order valence-electron chi connectivity index (χ1n) is 13.9. The number of ketones is 1. The first-order valence-corrected chi connectivity index (χ1v) is 14.7. The van der Waals surface area contributed by atoms with Crippen molar-refractivity contribution < 1.29 is 23.9 Å². The third kappa shape index (κ3) is 4.55. The molecule has 214 valence electrons. The molecule has 2 fully saturated rings. The van der Waals surface area contributed by atoms with E-state index in [1.165, 1.54) is 4.90 Å². The van der Waals surface area contributed by atoms with Crippen LogP contribution in [0, 0.1) is 30.6 Å². The molecule has 1 saturated carbocycles. The van der Waals surface area contributed by atoms with E-state index in [4.69, 9.17) is 32.9 Å². The van der Waals surface area contributed by atoms with Crippen LogP contribution in [0.25, 0.3) is 22.2 Å². The molecule has 2 heterocycles. The first-order chi connectivity index (χ1) is 20.7. The molecule has 2 amide bonds. The normalized spacial score (nSPS) is 22.0. The van der Waals surface area contributed by atoms with Crippen molar-refractivity contribution in [3.05, 3.63) is 106 Å². The molecule has 4 atom stereocenters. The molecule has 0 spiro atoms. The summed E-state index contributed by atoms with van der Waals surface area (Å²) in [4.78, 5) is 58.6. The minimum absolute atomic E-state index is 0.132. The van der Waals surface area contributed by atoms with Crippen LogP contribution >= 0.6 is 23.2 Å². The van der Waals surface area contributed by atoms with Crippen LogP contribution in [-0.2, 0) is 14.3 Å². The van der Waals surface area contributed by atoms with Crippen molar-refractivity contribution >= 4 is 63.4 Å². The number of Topliss-reactive ketones (excluding diaryl/α,β-unsaturated/α-hetero) is 1. The molecule has 3 aromatic carbocycles. The summed E-state index contributed by atoms with van der Waals surface area (Å²) in [6.07, 6.45) is 5.01. The lowest BCUT2D eigenvalue weighted by molar-refractivity contribution is -0.123. The van der Waals surface area contributed by atoms with E-state index >= 15 is 0 Å². The van der Waals surface area contributed by atoms with E-state index in [0.717, 1.165) is 6.42 Å². The van der Waals surface area contributed by atoms with Crippen LogP contribution in [0.2, 0.25) is 10.0 Å². The third-order valence-corrected chi connectivity index (χ3v) is 9.44. The minimum Gasteiger partial charge on any atom is -0.454 e. The van der Waals surface area contributed by atoms with Gasteiger partial charge in [0.1, 0.15) is 0 Å². The number of aryl methyl sites for hydroxylation is 1. The number of carbonyl (C=O) groups excluding carboxylic acids is 4. The number of rotatable bonds is 6. The number of hydrogen-bond acceptors (Lipinski definition) is 6. The molecule has 2 bridgehead atoms. The number of benzene rings is 3. The Balaban J connectivity index is 1.19. The van der Waals surface area contributed by atoms with E-state index in [1.807, 2.05) is 6.92 Å². The van der Waals surface area contributed by atoms with Crippen LogP contribution in [0.1, 0.15) is 32.7 Å². The average Bonchev–Trinajstić information content (AvgIpc) is 3.71. The van der Waals surface area contributed by atoms with E-state index in [9.17, 15) is 19.2 Å². The Morgan fingerprint density at radius 2 is 1.56 bits per heavy atom. The van der Waals surface area contributed by atoms with Gasteiger partial charge in [-0.3, -0.25) is 19.3 Å². The first kappa shape index (κ1) is 27.5. The summed E-state index contributed by atoms with van der Waals surface area (Å²) in [5.41, 5.74) is 3.46. The predicted octanol–water partition coefficient (Wildman–Crippen LogP) is 6.87. The van der Waals surface area contributed by atoms with Gasteiger partial charge in [0.05, 0.1) is 34.3 Å². The highest BCUT2D eigenvalue weighted by molar-refractivity contribution is 6.32. The summed E-state index contributed by atoms with van der Waals surface area (Å²) in [6.45, 7) is 1.37. The van der Waals surface area contributed by atoms with Crippen molar-refractivity contribution in [2.75, 3.05) is 11.5 Å². The zero-order valence-electron chi connectivity index (χ0n) is 22.9. The highest BCUT2D eigenvalue weighted by Crippen LogP contribution is 2.53. The number of esters is 1. The van der Waals surface area contributed by atoms with Gasteiger partial charge in [0, 0.05) is 26.6 Å².